The normalized spacial score (nSPS) is 24.2. The van der Waals surface area contributed by atoms with Crippen LogP contribution >= 0.6 is 23.3 Å². The zero-order valence-corrected chi connectivity index (χ0v) is 23.1. The van der Waals surface area contributed by atoms with Crippen LogP contribution < -0.4 is 22.1 Å². The van der Waals surface area contributed by atoms with Crippen molar-refractivity contribution in [2.24, 2.45) is 10.9 Å². The lowest BCUT2D eigenvalue weighted by Crippen LogP contribution is -2.71. The summed E-state index contributed by atoms with van der Waals surface area (Å²) in [7, 11) is 0. The Morgan fingerprint density at radius 2 is 2.05 bits per heavy atom. The van der Waals surface area contributed by atoms with E-state index in [0.29, 0.717) is 13.0 Å². The molecule has 3 unspecified atom stereocenters. The molecule has 0 bridgehead atoms. The van der Waals surface area contributed by atoms with Crippen LogP contribution in [0.15, 0.2) is 16.9 Å². The van der Waals surface area contributed by atoms with Gasteiger partial charge < -0.3 is 32.0 Å². The summed E-state index contributed by atoms with van der Waals surface area (Å²) < 4.78 is 4.01. The van der Waals surface area contributed by atoms with E-state index in [1.165, 1.54) is 17.8 Å². The van der Waals surface area contributed by atoms with Crippen LogP contribution in [-0.2, 0) is 24.0 Å². The van der Waals surface area contributed by atoms with Crippen LogP contribution in [0.2, 0.25) is 0 Å². The van der Waals surface area contributed by atoms with E-state index >= 15 is 0 Å². The minimum Gasteiger partial charge on any atom is -0.477 e. The number of anilines is 1. The second kappa shape index (κ2) is 12.3. The number of hydrogen-bond acceptors (Lipinski definition) is 12. The second-order valence-electron chi connectivity index (χ2n) is 9.78. The van der Waals surface area contributed by atoms with E-state index in [2.05, 4.69) is 25.1 Å². The van der Waals surface area contributed by atoms with Crippen LogP contribution in [0.5, 0.6) is 0 Å². The highest BCUT2D eigenvalue weighted by Gasteiger charge is 2.54. The Kier molecular flexibility index (Phi) is 9.07. The molecule has 14 nitrogen and oxygen atoms in total. The van der Waals surface area contributed by atoms with Gasteiger partial charge in [-0.2, -0.15) is 9.36 Å². The third-order valence-electron chi connectivity index (χ3n) is 6.68. The van der Waals surface area contributed by atoms with Gasteiger partial charge in [-0.05, 0) is 25.8 Å². The number of nitrogens with two attached hydrogens (primary N) is 2. The molecule has 1 saturated heterocycles. The highest BCUT2D eigenvalue weighted by atomic mass is 32.2. The van der Waals surface area contributed by atoms with Crippen molar-refractivity contribution in [3.8, 4) is 0 Å². The van der Waals surface area contributed by atoms with Gasteiger partial charge >= 0.3 is 5.97 Å². The van der Waals surface area contributed by atoms with Crippen LogP contribution in [0.4, 0.5) is 5.13 Å². The van der Waals surface area contributed by atoms with Gasteiger partial charge in [-0.15, -0.1) is 11.8 Å². The number of carboxylic acid groups (broad SMARTS) is 1. The molecular weight excluding hydrogens is 548 g/mol. The molecule has 3 aliphatic rings. The lowest BCUT2D eigenvalue weighted by molar-refractivity contribution is -0.150. The SMILES string of the molecule is CC1C=C(C(=O)O)N2C(=O)C(NC(=O)/C(=N/OCCCNC(=O)CC3(N)CCCCC3)c3nsc(N)n3)C2S1. The number of aromatic nitrogens is 2. The summed E-state index contributed by atoms with van der Waals surface area (Å²) >= 11 is 2.22. The Balaban J connectivity index is 1.30. The largest absolute Gasteiger partial charge is 0.477 e. The van der Waals surface area contributed by atoms with Crippen molar-refractivity contribution in [3.05, 3.63) is 17.6 Å². The molecule has 39 heavy (non-hydrogen) atoms. The lowest BCUT2D eigenvalue weighted by atomic mass is 9.80. The fourth-order valence-corrected chi connectivity index (χ4v) is 6.51. The number of rotatable bonds is 11. The van der Waals surface area contributed by atoms with Gasteiger partial charge in [-0.25, -0.2) is 4.79 Å². The fourth-order valence-electron chi connectivity index (χ4n) is 4.74. The number of β-lactam (4-membered cyclic amide) rings is 1. The number of carboxylic acids is 1. The molecule has 2 aliphatic heterocycles. The summed E-state index contributed by atoms with van der Waals surface area (Å²) in [4.78, 5) is 60.0. The number of aliphatic carboxylic acids is 1. The molecule has 16 heteroatoms. The number of thioether (sulfide) groups is 1. The summed E-state index contributed by atoms with van der Waals surface area (Å²) in [5.41, 5.74) is 11.2. The predicted octanol–water partition coefficient (Wildman–Crippen LogP) is 0.156. The highest BCUT2D eigenvalue weighted by molar-refractivity contribution is 8.00. The molecule has 3 atom stereocenters. The topological polar surface area (TPSA) is 215 Å². The number of fused-ring (bicyclic) bond motifs is 1. The first-order valence-corrected chi connectivity index (χ1v) is 14.4. The fraction of sp³-hybridized carbons (Fsp3) is 0.609. The molecular formula is C23H32N8O6S2. The number of hydrogen-bond donors (Lipinski definition) is 5. The molecule has 3 amide bonds. The zero-order chi connectivity index (χ0) is 28.2. The van der Waals surface area contributed by atoms with E-state index in [-0.39, 0.29) is 46.5 Å². The van der Waals surface area contributed by atoms with Crippen LogP contribution in [0.25, 0.3) is 0 Å². The zero-order valence-electron chi connectivity index (χ0n) is 21.4. The first kappa shape index (κ1) is 28.8. The van der Waals surface area contributed by atoms with Gasteiger partial charge in [0.25, 0.3) is 11.8 Å². The Bertz CT molecular complexity index is 1180. The first-order valence-electron chi connectivity index (χ1n) is 12.7. The van der Waals surface area contributed by atoms with E-state index in [9.17, 15) is 24.3 Å². The molecule has 212 valence electrons. The molecule has 0 spiro atoms. The second-order valence-corrected chi connectivity index (χ2v) is 12.1. The molecule has 0 radical (unpaired) electrons. The molecule has 1 saturated carbocycles. The van der Waals surface area contributed by atoms with E-state index in [4.69, 9.17) is 16.3 Å². The molecule has 2 fully saturated rings. The summed E-state index contributed by atoms with van der Waals surface area (Å²) in [5.74, 6) is -2.70. The highest BCUT2D eigenvalue weighted by Crippen LogP contribution is 2.40. The van der Waals surface area contributed by atoms with E-state index in [1.807, 2.05) is 6.92 Å². The van der Waals surface area contributed by atoms with Gasteiger partial charge in [-0.3, -0.25) is 19.3 Å². The van der Waals surface area contributed by atoms with Crippen molar-refractivity contribution in [2.45, 2.75) is 74.1 Å². The third-order valence-corrected chi connectivity index (χ3v) is 8.55. The van der Waals surface area contributed by atoms with Crippen molar-refractivity contribution in [1.82, 2.24) is 24.9 Å². The number of nitrogens with one attached hydrogen (secondary N) is 2. The minimum absolute atomic E-state index is 0.0663. The van der Waals surface area contributed by atoms with Gasteiger partial charge in [0.2, 0.25) is 17.4 Å². The van der Waals surface area contributed by atoms with Crippen molar-refractivity contribution in [1.29, 1.82) is 0 Å². The quantitative estimate of drug-likeness (QED) is 0.103. The Hall–Kier alpha value is -3.24. The van der Waals surface area contributed by atoms with E-state index < -0.39 is 34.7 Å². The molecule has 4 rings (SSSR count). The van der Waals surface area contributed by atoms with Crippen LogP contribution in [0, 0.1) is 0 Å². The van der Waals surface area contributed by atoms with Gasteiger partial charge in [0.05, 0.1) is 0 Å². The Morgan fingerprint density at radius 3 is 2.72 bits per heavy atom. The third kappa shape index (κ3) is 6.86. The average Bonchev–Trinajstić information content (AvgIpc) is 3.31. The Morgan fingerprint density at radius 1 is 1.31 bits per heavy atom. The summed E-state index contributed by atoms with van der Waals surface area (Å²) in [6.07, 6.45) is 7.12. The maximum atomic E-state index is 13.1. The van der Waals surface area contributed by atoms with Crippen molar-refractivity contribution in [3.63, 3.8) is 0 Å². The van der Waals surface area contributed by atoms with E-state index in [1.54, 1.807) is 0 Å². The van der Waals surface area contributed by atoms with Gasteiger partial charge in [0.1, 0.15) is 23.7 Å². The number of carbonyl (C=O) groups excluding carboxylic acids is 3. The standard InChI is InChI=1S/C23H32N8O6S2/c1-12-10-13(21(35)36)31-19(34)16(20(31)38-12)27-18(33)15(17-28-22(24)39-30-17)29-37-9-5-8-26-14(32)11-23(25)6-3-2-4-7-23/h10,12,16,20H,2-9,11,25H2,1H3,(H,26,32)(H,27,33)(H,35,36)(H2,24,28,30)/b29-15+. The number of oxime groups is 1. The van der Waals surface area contributed by atoms with Gasteiger partial charge in [0.15, 0.2) is 5.13 Å². The molecule has 7 N–H and O–H groups in total. The monoisotopic (exact) mass is 580 g/mol. The summed E-state index contributed by atoms with van der Waals surface area (Å²) in [6, 6.07) is -0.959. The first-order chi connectivity index (χ1) is 18.6. The van der Waals surface area contributed by atoms with Crippen molar-refractivity contribution >= 4 is 57.8 Å². The smallest absolute Gasteiger partial charge is 0.352 e. The van der Waals surface area contributed by atoms with Crippen molar-refractivity contribution in [2.75, 3.05) is 18.9 Å². The van der Waals surface area contributed by atoms with Crippen LogP contribution in [0.1, 0.15) is 57.7 Å². The maximum Gasteiger partial charge on any atom is 0.352 e. The molecule has 1 aromatic rings. The molecule has 1 aromatic heterocycles. The summed E-state index contributed by atoms with van der Waals surface area (Å²) in [6.45, 7) is 2.24. The molecule has 0 aromatic carbocycles. The van der Waals surface area contributed by atoms with Crippen LogP contribution in [0.3, 0.4) is 0 Å². The maximum absolute atomic E-state index is 13.1. The van der Waals surface area contributed by atoms with Gasteiger partial charge in [-0.1, -0.05) is 24.4 Å². The van der Waals surface area contributed by atoms with E-state index in [0.717, 1.165) is 48.5 Å². The number of carbonyl (C=O) groups is 4. The van der Waals surface area contributed by atoms with Crippen LogP contribution in [-0.4, -0.2) is 84.1 Å². The summed E-state index contributed by atoms with van der Waals surface area (Å²) in [5, 5.41) is 18.1. The minimum atomic E-state index is -1.21. The molecule has 3 heterocycles. The number of amides is 3. The Labute approximate surface area is 233 Å². The number of nitrogen functional groups attached to an aromatic ring is 1. The lowest BCUT2D eigenvalue weighted by Gasteiger charge is -2.49. The van der Waals surface area contributed by atoms with Gasteiger partial charge in [0, 0.05) is 41.7 Å². The predicted molar refractivity (Wildman–Crippen MR) is 144 cm³/mol. The average molecular weight is 581 g/mol. The number of nitrogens with zero attached hydrogens (tertiary/aromatic N) is 4. The van der Waals surface area contributed by atoms with Crippen molar-refractivity contribution < 1.29 is 29.1 Å². The molecule has 1 aliphatic carbocycles.